The number of ether oxygens (including phenoxy) is 2. The van der Waals surface area contributed by atoms with Crippen LogP contribution in [0.2, 0.25) is 5.02 Å². The first-order valence-electron chi connectivity index (χ1n) is 7.92. The summed E-state index contributed by atoms with van der Waals surface area (Å²) in [5, 5.41) is 3.50. The van der Waals surface area contributed by atoms with Crippen LogP contribution in [0.3, 0.4) is 0 Å². The number of benzene rings is 1. The highest BCUT2D eigenvalue weighted by atomic mass is 79.9. The zero-order valence-corrected chi connectivity index (χ0v) is 17.0. The maximum atomic E-state index is 13.3. The lowest BCUT2D eigenvalue weighted by atomic mass is 10.1. The van der Waals surface area contributed by atoms with Gasteiger partial charge in [0.1, 0.15) is 30.3 Å². The average Bonchev–Trinajstić information content (AvgIpc) is 2.53. The summed E-state index contributed by atoms with van der Waals surface area (Å²) in [5.41, 5.74) is -0.291. The molecule has 1 aromatic rings. The lowest BCUT2D eigenvalue weighted by Gasteiger charge is -2.17. The summed E-state index contributed by atoms with van der Waals surface area (Å²) in [4.78, 5) is 4.99. The van der Waals surface area contributed by atoms with E-state index in [2.05, 4.69) is 21.1 Å². The number of unbranched alkanes of at least 4 members (excludes halogenated alkanes) is 1. The maximum Gasteiger partial charge on any atom is 0.420 e. The van der Waals surface area contributed by atoms with Gasteiger partial charge in [-0.05, 0) is 54.8 Å². The Kier molecular flexibility index (Phi) is 9.93. The van der Waals surface area contributed by atoms with Crippen molar-refractivity contribution in [1.29, 1.82) is 0 Å². The van der Waals surface area contributed by atoms with Crippen LogP contribution in [0.15, 0.2) is 28.1 Å². The second kappa shape index (κ2) is 11.4. The third kappa shape index (κ3) is 9.32. The van der Waals surface area contributed by atoms with Gasteiger partial charge >= 0.3 is 6.18 Å². The van der Waals surface area contributed by atoms with Crippen LogP contribution >= 0.6 is 27.5 Å². The first-order valence-corrected chi connectivity index (χ1v) is 9.09. The van der Waals surface area contributed by atoms with Gasteiger partial charge in [0.2, 0.25) is 0 Å². The fourth-order valence-electron chi connectivity index (χ4n) is 1.83. The monoisotopic (exact) mass is 475 g/mol. The topological polar surface area (TPSA) is 40.0 Å². The Morgan fingerprint density at radius 2 is 1.85 bits per heavy atom. The third-order valence-electron chi connectivity index (χ3n) is 2.93. The van der Waals surface area contributed by atoms with Gasteiger partial charge in [-0.1, -0.05) is 16.8 Å². The fourth-order valence-corrected chi connectivity index (χ4v) is 2.22. The Hall–Kier alpha value is -1.48. The van der Waals surface area contributed by atoms with Crippen LogP contribution < -0.4 is 9.47 Å². The number of hydrogen-bond acceptors (Lipinski definition) is 4. The van der Waals surface area contributed by atoms with Crippen molar-refractivity contribution in [3.05, 3.63) is 33.5 Å². The molecule has 1 aromatic carbocycles. The van der Waals surface area contributed by atoms with Gasteiger partial charge in [-0.2, -0.15) is 17.6 Å². The van der Waals surface area contributed by atoms with Gasteiger partial charge in [0.05, 0.1) is 17.3 Å². The second-order valence-corrected chi connectivity index (χ2v) is 6.68. The van der Waals surface area contributed by atoms with Crippen LogP contribution in [0.1, 0.15) is 32.3 Å². The van der Waals surface area contributed by atoms with E-state index in [1.165, 1.54) is 6.07 Å². The predicted octanol–water partition coefficient (Wildman–Crippen LogP) is 6.51. The highest BCUT2D eigenvalue weighted by Crippen LogP contribution is 2.43. The molecule has 4 nitrogen and oxygen atoms in total. The van der Waals surface area contributed by atoms with Gasteiger partial charge in [-0.15, -0.1) is 0 Å². The molecule has 0 aliphatic rings. The van der Waals surface area contributed by atoms with Crippen LogP contribution in [-0.4, -0.2) is 25.5 Å². The zero-order valence-electron chi connectivity index (χ0n) is 14.7. The molecule has 0 heterocycles. The quantitative estimate of drug-likeness (QED) is 0.167. The minimum atomic E-state index is -4.69. The highest BCUT2D eigenvalue weighted by Gasteiger charge is 2.36. The van der Waals surface area contributed by atoms with E-state index in [0.29, 0.717) is 19.4 Å². The van der Waals surface area contributed by atoms with Crippen molar-refractivity contribution in [2.24, 2.45) is 5.16 Å². The van der Waals surface area contributed by atoms with Crippen molar-refractivity contribution in [3.8, 4) is 11.5 Å². The number of alkyl halides is 3. The Bertz CT molecular complexity index is 673. The van der Waals surface area contributed by atoms with Gasteiger partial charge in [0.25, 0.3) is 0 Å². The molecule has 0 saturated carbocycles. The van der Waals surface area contributed by atoms with Gasteiger partial charge < -0.3 is 14.3 Å². The lowest BCUT2D eigenvalue weighted by molar-refractivity contribution is -0.139. The van der Waals surface area contributed by atoms with Crippen LogP contribution in [0.25, 0.3) is 0 Å². The van der Waals surface area contributed by atoms with E-state index in [4.69, 9.17) is 25.9 Å². The molecule has 0 spiro atoms. The number of hydrogen-bond donors (Lipinski definition) is 0. The summed E-state index contributed by atoms with van der Waals surface area (Å²) < 4.78 is 62.1. The maximum absolute atomic E-state index is 13.3. The molecule has 0 N–H and O–H groups in total. The third-order valence-corrected chi connectivity index (χ3v) is 3.54. The van der Waals surface area contributed by atoms with Crippen LogP contribution in [0, 0.1) is 0 Å². The van der Waals surface area contributed by atoms with Crippen molar-refractivity contribution >= 4 is 33.2 Å². The lowest BCUT2D eigenvalue weighted by Crippen LogP contribution is -2.11. The Morgan fingerprint density at radius 3 is 2.44 bits per heavy atom. The van der Waals surface area contributed by atoms with Crippen LogP contribution in [-0.2, 0) is 11.0 Å². The highest BCUT2D eigenvalue weighted by molar-refractivity contribution is 9.11. The molecule has 0 bridgehead atoms. The number of nitrogens with zero attached hydrogens (tertiary/aromatic N) is 1. The van der Waals surface area contributed by atoms with E-state index >= 15 is 0 Å². The first kappa shape index (κ1) is 23.6. The van der Waals surface area contributed by atoms with Crippen molar-refractivity contribution in [2.45, 2.75) is 32.9 Å². The SMILES string of the molecule is CC(C)=NOCCCCOc1c(Cl)cc(OC/C=C(\F)Br)cc1C(F)(F)F. The van der Waals surface area contributed by atoms with Gasteiger partial charge in [-0.3, -0.25) is 0 Å². The molecule has 0 amide bonds. The zero-order chi connectivity index (χ0) is 20.4. The van der Waals surface area contributed by atoms with Crippen molar-refractivity contribution < 1.29 is 31.9 Å². The summed E-state index contributed by atoms with van der Waals surface area (Å²) in [6.45, 7) is 3.66. The standard InChI is InChI=1S/C17H19BrClF4NO3/c1-11(2)24-27-7-4-3-6-26-16-13(17(21,22)23)9-12(10-14(16)19)25-8-5-15(18)20/h5,9-10H,3-4,6-8H2,1-2H3/b15-5-. The minimum absolute atomic E-state index is 0.0265. The van der Waals surface area contributed by atoms with Crippen LogP contribution in [0.4, 0.5) is 17.6 Å². The molecule has 1 rings (SSSR count). The van der Waals surface area contributed by atoms with Crippen LogP contribution in [0.5, 0.6) is 11.5 Å². The molecule has 0 aromatic heterocycles. The van der Waals surface area contributed by atoms with E-state index in [0.717, 1.165) is 17.9 Å². The Labute approximate surface area is 168 Å². The first-order chi connectivity index (χ1) is 12.6. The normalized spacial score (nSPS) is 11.9. The van der Waals surface area contributed by atoms with E-state index in [9.17, 15) is 17.6 Å². The number of rotatable bonds is 10. The average molecular weight is 477 g/mol. The molecule has 27 heavy (non-hydrogen) atoms. The fraction of sp³-hybridized carbons (Fsp3) is 0.471. The predicted molar refractivity (Wildman–Crippen MR) is 99.5 cm³/mol. The molecule has 152 valence electrons. The molecule has 0 aliphatic heterocycles. The molecular weight excluding hydrogens is 458 g/mol. The van der Waals surface area contributed by atoms with E-state index in [-0.39, 0.29) is 24.0 Å². The minimum Gasteiger partial charge on any atom is -0.491 e. The number of oxime groups is 1. The summed E-state index contributed by atoms with van der Waals surface area (Å²) in [7, 11) is 0. The van der Waals surface area contributed by atoms with Gasteiger partial charge in [0.15, 0.2) is 4.74 Å². The van der Waals surface area contributed by atoms with Gasteiger partial charge in [-0.25, -0.2) is 0 Å². The Morgan fingerprint density at radius 1 is 1.19 bits per heavy atom. The summed E-state index contributed by atoms with van der Waals surface area (Å²) in [6.07, 6.45) is -2.66. The molecule has 0 atom stereocenters. The molecule has 0 radical (unpaired) electrons. The molecular formula is C17H19BrClF4NO3. The number of halogens is 6. The van der Waals surface area contributed by atoms with Crippen molar-refractivity contribution in [1.82, 2.24) is 0 Å². The largest absolute Gasteiger partial charge is 0.491 e. The van der Waals surface area contributed by atoms with Crippen molar-refractivity contribution in [3.63, 3.8) is 0 Å². The van der Waals surface area contributed by atoms with Gasteiger partial charge in [0, 0.05) is 6.07 Å². The second-order valence-electron chi connectivity index (χ2n) is 5.51. The Balaban J connectivity index is 2.74. The van der Waals surface area contributed by atoms with Crippen molar-refractivity contribution in [2.75, 3.05) is 19.8 Å². The summed E-state index contributed by atoms with van der Waals surface area (Å²) in [5.74, 6) is -0.618. The van der Waals surface area contributed by atoms with E-state index in [1.54, 1.807) is 13.8 Å². The summed E-state index contributed by atoms with van der Waals surface area (Å²) >= 11 is 8.48. The van der Waals surface area contributed by atoms with E-state index in [1.807, 2.05) is 0 Å². The molecule has 0 fully saturated rings. The molecule has 0 saturated heterocycles. The summed E-state index contributed by atoms with van der Waals surface area (Å²) in [6, 6.07) is 1.96. The smallest absolute Gasteiger partial charge is 0.420 e. The molecule has 10 heteroatoms. The molecule has 0 unspecified atom stereocenters. The van der Waals surface area contributed by atoms with E-state index < -0.39 is 22.2 Å². The molecule has 0 aliphatic carbocycles.